The van der Waals surface area contributed by atoms with Crippen LogP contribution in [0.2, 0.25) is 0 Å². The Bertz CT molecular complexity index is 791. The molecule has 3 aromatic rings. The molecule has 0 amide bonds. The number of hydrogen-bond acceptors (Lipinski definition) is 6. The van der Waals surface area contributed by atoms with Gasteiger partial charge in [0.25, 0.3) is 0 Å². The molecule has 0 bridgehead atoms. The first-order valence-corrected chi connectivity index (χ1v) is 9.83. The fourth-order valence-corrected chi connectivity index (χ4v) is 3.89. The van der Waals surface area contributed by atoms with Crippen LogP contribution in [0.1, 0.15) is 12.0 Å². The zero-order valence-corrected chi connectivity index (χ0v) is 15.3. The third-order valence-electron chi connectivity index (χ3n) is 3.46. The zero-order chi connectivity index (χ0) is 17.3. The van der Waals surface area contributed by atoms with E-state index in [-0.39, 0.29) is 11.7 Å². The van der Waals surface area contributed by atoms with Gasteiger partial charge >= 0.3 is 5.97 Å². The first kappa shape index (κ1) is 17.6. The van der Waals surface area contributed by atoms with E-state index in [9.17, 15) is 4.79 Å². The van der Waals surface area contributed by atoms with Crippen LogP contribution in [-0.2, 0) is 16.0 Å². The predicted octanol–water partition coefficient (Wildman–Crippen LogP) is 4.47. The van der Waals surface area contributed by atoms with Crippen molar-refractivity contribution in [2.75, 3.05) is 12.4 Å². The average molecular weight is 370 g/mol. The quantitative estimate of drug-likeness (QED) is 0.333. The minimum atomic E-state index is -0.213. The van der Waals surface area contributed by atoms with Gasteiger partial charge in [-0.15, -0.1) is 10.2 Å². The highest BCUT2D eigenvalue weighted by molar-refractivity contribution is 8.01. The highest BCUT2D eigenvalue weighted by atomic mass is 32.2. The van der Waals surface area contributed by atoms with Crippen molar-refractivity contribution < 1.29 is 9.53 Å². The number of nitrogens with zero attached hydrogens (tertiary/aromatic N) is 2. The minimum Gasteiger partial charge on any atom is -0.465 e. The minimum absolute atomic E-state index is 0.213. The Morgan fingerprint density at radius 2 is 1.72 bits per heavy atom. The van der Waals surface area contributed by atoms with Crippen LogP contribution in [0.5, 0.6) is 0 Å². The number of thioether (sulfide) groups is 1. The number of hydrogen-bond donors (Lipinski definition) is 0. The molecule has 0 fully saturated rings. The first-order valence-electron chi connectivity index (χ1n) is 8.02. The topological polar surface area (TPSA) is 52.1 Å². The van der Waals surface area contributed by atoms with Crippen molar-refractivity contribution in [3.63, 3.8) is 0 Å². The molecule has 0 unspecified atom stereocenters. The number of carbonyl (C=O) groups is 1. The van der Waals surface area contributed by atoms with Gasteiger partial charge in [-0.1, -0.05) is 83.8 Å². The maximum absolute atomic E-state index is 11.8. The van der Waals surface area contributed by atoms with E-state index in [1.807, 2.05) is 48.5 Å². The summed E-state index contributed by atoms with van der Waals surface area (Å²) in [4.78, 5) is 11.8. The monoisotopic (exact) mass is 370 g/mol. The number of rotatable bonds is 8. The Balaban J connectivity index is 1.37. The van der Waals surface area contributed by atoms with Crippen molar-refractivity contribution in [1.82, 2.24) is 10.2 Å². The van der Waals surface area contributed by atoms with Crippen LogP contribution in [0.25, 0.3) is 10.6 Å². The van der Waals surface area contributed by atoms with Crippen molar-refractivity contribution in [2.24, 2.45) is 0 Å². The number of esters is 1. The van der Waals surface area contributed by atoms with Gasteiger partial charge in [0.05, 0.1) is 12.4 Å². The second-order valence-corrected chi connectivity index (χ2v) is 7.54. The lowest BCUT2D eigenvalue weighted by Gasteiger charge is -2.04. The fourth-order valence-electron chi connectivity index (χ4n) is 2.23. The number of ether oxygens (including phenoxy) is 1. The first-order chi connectivity index (χ1) is 12.3. The predicted molar refractivity (Wildman–Crippen MR) is 102 cm³/mol. The van der Waals surface area contributed by atoms with Gasteiger partial charge in [-0.3, -0.25) is 4.79 Å². The summed E-state index contributed by atoms with van der Waals surface area (Å²) in [6, 6.07) is 20.1. The Labute approximate surface area is 155 Å². The van der Waals surface area contributed by atoms with Gasteiger partial charge in [-0.05, 0) is 18.4 Å². The van der Waals surface area contributed by atoms with Gasteiger partial charge in [0.15, 0.2) is 4.34 Å². The molecule has 0 saturated heterocycles. The Kier molecular flexibility index (Phi) is 6.59. The van der Waals surface area contributed by atoms with E-state index in [1.165, 1.54) is 28.7 Å². The molecule has 0 aliphatic carbocycles. The molecule has 6 heteroatoms. The Morgan fingerprint density at radius 3 is 2.48 bits per heavy atom. The summed E-state index contributed by atoms with van der Waals surface area (Å²) in [6.45, 7) is 0.444. The van der Waals surface area contributed by atoms with E-state index in [2.05, 4.69) is 22.3 Å². The lowest BCUT2D eigenvalue weighted by molar-refractivity contribution is -0.140. The second-order valence-electron chi connectivity index (χ2n) is 5.34. The van der Waals surface area contributed by atoms with Crippen LogP contribution in [0.4, 0.5) is 0 Å². The fraction of sp³-hybridized carbons (Fsp3) is 0.211. The molecule has 0 N–H and O–H groups in total. The summed E-state index contributed by atoms with van der Waals surface area (Å²) in [6.07, 6.45) is 1.75. The molecule has 0 saturated carbocycles. The van der Waals surface area contributed by atoms with E-state index in [0.717, 1.165) is 27.8 Å². The lowest BCUT2D eigenvalue weighted by Crippen LogP contribution is -2.09. The van der Waals surface area contributed by atoms with Crippen molar-refractivity contribution >= 4 is 29.1 Å². The molecule has 3 rings (SSSR count). The van der Waals surface area contributed by atoms with Crippen LogP contribution in [0.3, 0.4) is 0 Å². The van der Waals surface area contributed by atoms with Crippen molar-refractivity contribution in [1.29, 1.82) is 0 Å². The molecule has 0 radical (unpaired) electrons. The number of aryl methyl sites for hydroxylation is 1. The van der Waals surface area contributed by atoms with E-state index in [1.54, 1.807) is 0 Å². The Hall–Kier alpha value is -2.18. The molecule has 2 aromatic carbocycles. The zero-order valence-electron chi connectivity index (χ0n) is 13.6. The molecular formula is C19H18N2O2S2. The molecule has 4 nitrogen and oxygen atoms in total. The van der Waals surface area contributed by atoms with Crippen LogP contribution in [-0.4, -0.2) is 28.5 Å². The Morgan fingerprint density at radius 1 is 1.00 bits per heavy atom. The van der Waals surface area contributed by atoms with Gasteiger partial charge < -0.3 is 4.74 Å². The standard InChI is InChI=1S/C19H18N2O2S2/c22-17(23-13-7-10-15-8-3-1-4-9-15)14-24-19-21-20-18(25-19)16-11-5-2-6-12-16/h1-6,8-9,11-12H,7,10,13-14H2. The van der Waals surface area contributed by atoms with Crippen LogP contribution >= 0.6 is 23.1 Å². The summed E-state index contributed by atoms with van der Waals surface area (Å²) in [5.41, 5.74) is 2.30. The van der Waals surface area contributed by atoms with Crippen LogP contribution in [0.15, 0.2) is 65.0 Å². The summed E-state index contributed by atoms with van der Waals surface area (Å²) < 4.78 is 6.05. The highest BCUT2D eigenvalue weighted by Gasteiger charge is 2.10. The summed E-state index contributed by atoms with van der Waals surface area (Å²) in [5, 5.41) is 9.15. The SMILES string of the molecule is O=C(CSc1nnc(-c2ccccc2)s1)OCCCc1ccccc1. The van der Waals surface area contributed by atoms with Gasteiger partial charge in [0, 0.05) is 5.56 Å². The summed E-state index contributed by atoms with van der Waals surface area (Å²) in [7, 11) is 0. The molecule has 1 heterocycles. The van der Waals surface area contributed by atoms with E-state index in [4.69, 9.17) is 4.74 Å². The van der Waals surface area contributed by atoms with Crippen molar-refractivity contribution in [2.45, 2.75) is 17.2 Å². The third kappa shape index (κ3) is 5.69. The van der Waals surface area contributed by atoms with Crippen molar-refractivity contribution in [3.05, 3.63) is 66.2 Å². The third-order valence-corrected chi connectivity index (χ3v) is 5.54. The number of benzene rings is 2. The molecule has 0 aliphatic rings. The molecule has 128 valence electrons. The van der Waals surface area contributed by atoms with E-state index < -0.39 is 0 Å². The van der Waals surface area contributed by atoms with Crippen LogP contribution < -0.4 is 0 Å². The second kappa shape index (κ2) is 9.34. The summed E-state index contributed by atoms with van der Waals surface area (Å²) in [5.74, 6) is 0.0453. The van der Waals surface area contributed by atoms with Gasteiger partial charge in [0.1, 0.15) is 5.01 Å². The highest BCUT2D eigenvalue weighted by Crippen LogP contribution is 2.29. The maximum atomic E-state index is 11.8. The largest absolute Gasteiger partial charge is 0.465 e. The molecular weight excluding hydrogens is 352 g/mol. The smallest absolute Gasteiger partial charge is 0.316 e. The van der Waals surface area contributed by atoms with Gasteiger partial charge in [-0.2, -0.15) is 0 Å². The maximum Gasteiger partial charge on any atom is 0.316 e. The summed E-state index contributed by atoms with van der Waals surface area (Å²) >= 11 is 2.86. The average Bonchev–Trinajstić information content (AvgIpc) is 3.14. The molecule has 0 aliphatic heterocycles. The van der Waals surface area contributed by atoms with Crippen LogP contribution in [0, 0.1) is 0 Å². The normalized spacial score (nSPS) is 10.6. The van der Waals surface area contributed by atoms with Gasteiger partial charge in [-0.25, -0.2) is 0 Å². The molecule has 25 heavy (non-hydrogen) atoms. The molecule has 0 spiro atoms. The lowest BCUT2D eigenvalue weighted by atomic mass is 10.1. The van der Waals surface area contributed by atoms with E-state index >= 15 is 0 Å². The van der Waals surface area contributed by atoms with Crippen molar-refractivity contribution in [3.8, 4) is 10.6 Å². The number of aromatic nitrogens is 2. The number of carbonyl (C=O) groups excluding carboxylic acids is 1. The van der Waals surface area contributed by atoms with E-state index in [0.29, 0.717) is 6.61 Å². The molecule has 0 atom stereocenters. The van der Waals surface area contributed by atoms with Gasteiger partial charge in [0.2, 0.25) is 0 Å². The molecule has 1 aromatic heterocycles.